The number of pyridine rings is 1. The number of esters is 1. The Balaban J connectivity index is 1.33. The van der Waals surface area contributed by atoms with E-state index in [-0.39, 0.29) is 18.4 Å². The van der Waals surface area contributed by atoms with Crippen molar-refractivity contribution in [2.45, 2.75) is 19.9 Å². The summed E-state index contributed by atoms with van der Waals surface area (Å²) in [4.78, 5) is 29.3. The molecule has 0 saturated heterocycles. The van der Waals surface area contributed by atoms with Gasteiger partial charge in [0.1, 0.15) is 17.1 Å². The lowest BCUT2D eigenvalue weighted by molar-refractivity contribution is -0.124. The lowest BCUT2D eigenvalue weighted by Gasteiger charge is -2.15. The molecule has 34 heavy (non-hydrogen) atoms. The number of aromatic nitrogens is 1. The molecule has 1 aromatic heterocycles. The molecule has 0 spiro atoms. The van der Waals surface area contributed by atoms with Gasteiger partial charge in [0.25, 0.3) is 5.91 Å². The van der Waals surface area contributed by atoms with Gasteiger partial charge in [0, 0.05) is 11.9 Å². The zero-order valence-corrected chi connectivity index (χ0v) is 18.9. The van der Waals surface area contributed by atoms with Gasteiger partial charge in [0.15, 0.2) is 18.1 Å². The highest BCUT2D eigenvalue weighted by Crippen LogP contribution is 2.34. The summed E-state index contributed by atoms with van der Waals surface area (Å²) in [7, 11) is 0. The first-order valence-electron chi connectivity index (χ1n) is 10.8. The van der Waals surface area contributed by atoms with Crippen LogP contribution in [-0.4, -0.2) is 36.9 Å². The number of nitrogens with one attached hydrogen (secondary N) is 2. The number of anilines is 2. The number of nitrogens with zero attached hydrogens (tertiary/aromatic N) is 1. The number of carbonyl (C=O) groups excluding carboxylic acids is 2. The Hall–Kier alpha value is -4.27. The molecule has 1 amide bonds. The van der Waals surface area contributed by atoms with Gasteiger partial charge in [-0.25, -0.2) is 9.78 Å². The number of fused-ring (bicyclic) bond motifs is 1. The van der Waals surface area contributed by atoms with E-state index < -0.39 is 18.5 Å². The minimum atomic E-state index is -0.660. The third-order valence-electron chi connectivity index (χ3n) is 5.06. The van der Waals surface area contributed by atoms with E-state index in [0.29, 0.717) is 23.9 Å². The van der Waals surface area contributed by atoms with Crippen LogP contribution in [0.3, 0.4) is 0 Å². The highest BCUT2D eigenvalue weighted by atomic mass is 16.7. The van der Waals surface area contributed by atoms with E-state index in [9.17, 15) is 9.59 Å². The number of hydrogen-bond acceptors (Lipinski definition) is 8. The molecule has 4 rings (SSSR count). The molecule has 0 radical (unpaired) electrons. The summed E-state index contributed by atoms with van der Waals surface area (Å²) in [6.45, 7) is 4.07. The maximum absolute atomic E-state index is 12.7. The van der Waals surface area contributed by atoms with Gasteiger partial charge in [0.2, 0.25) is 6.79 Å². The molecule has 0 fully saturated rings. The Bertz CT molecular complexity index is 1170. The maximum atomic E-state index is 12.7. The summed E-state index contributed by atoms with van der Waals surface area (Å²) in [5.74, 6) is 1.29. The standard InChI is InChI=1S/C25H25N3O6/c1-3-31-19-9-7-18(8-10-19)28-24-20(5-4-12-26-24)25(30)32-14-23(29)27-16(2)17-6-11-21-22(13-17)34-15-33-21/h4-13,16H,3,14-15H2,1-2H3,(H,26,28)(H,27,29). The molecule has 2 heterocycles. The molecule has 9 heteroatoms. The summed E-state index contributed by atoms with van der Waals surface area (Å²) >= 11 is 0. The molecule has 176 valence electrons. The lowest BCUT2D eigenvalue weighted by Crippen LogP contribution is -2.31. The van der Waals surface area contributed by atoms with Crippen molar-refractivity contribution in [1.82, 2.24) is 10.3 Å². The van der Waals surface area contributed by atoms with E-state index in [1.54, 1.807) is 24.4 Å². The van der Waals surface area contributed by atoms with Crippen molar-refractivity contribution in [3.8, 4) is 17.2 Å². The second-order valence-electron chi connectivity index (χ2n) is 7.46. The zero-order chi connectivity index (χ0) is 23.9. The third-order valence-corrected chi connectivity index (χ3v) is 5.06. The van der Waals surface area contributed by atoms with Gasteiger partial charge < -0.3 is 29.6 Å². The van der Waals surface area contributed by atoms with Gasteiger partial charge >= 0.3 is 5.97 Å². The molecule has 1 unspecified atom stereocenters. The zero-order valence-electron chi connectivity index (χ0n) is 18.9. The van der Waals surface area contributed by atoms with Crippen LogP contribution in [0.1, 0.15) is 35.8 Å². The molecular weight excluding hydrogens is 438 g/mol. The molecule has 0 bridgehead atoms. The number of benzene rings is 2. The van der Waals surface area contributed by atoms with E-state index in [1.807, 2.05) is 50.2 Å². The fourth-order valence-corrected chi connectivity index (χ4v) is 3.37. The fourth-order valence-electron chi connectivity index (χ4n) is 3.37. The minimum absolute atomic E-state index is 0.180. The minimum Gasteiger partial charge on any atom is -0.494 e. The Labute approximate surface area is 197 Å². The monoisotopic (exact) mass is 463 g/mol. The molecule has 1 atom stereocenters. The number of hydrogen-bond donors (Lipinski definition) is 2. The Morgan fingerprint density at radius 2 is 1.88 bits per heavy atom. The molecule has 0 saturated carbocycles. The quantitative estimate of drug-likeness (QED) is 0.459. The lowest BCUT2D eigenvalue weighted by atomic mass is 10.1. The summed E-state index contributed by atoms with van der Waals surface area (Å²) in [6.07, 6.45) is 1.56. The van der Waals surface area contributed by atoms with Gasteiger partial charge in [-0.1, -0.05) is 6.07 Å². The molecule has 3 aromatic rings. The van der Waals surface area contributed by atoms with Crippen LogP contribution < -0.4 is 24.8 Å². The molecular formula is C25H25N3O6. The van der Waals surface area contributed by atoms with Gasteiger partial charge in [0.05, 0.1) is 12.6 Å². The largest absolute Gasteiger partial charge is 0.494 e. The predicted octanol–water partition coefficient (Wildman–Crippen LogP) is 3.99. The maximum Gasteiger partial charge on any atom is 0.342 e. The molecule has 0 aliphatic carbocycles. The Morgan fingerprint density at radius 1 is 1.09 bits per heavy atom. The number of ether oxygens (including phenoxy) is 4. The van der Waals surface area contributed by atoms with Gasteiger partial charge in [-0.05, 0) is 67.9 Å². The van der Waals surface area contributed by atoms with Crippen molar-refractivity contribution in [3.63, 3.8) is 0 Å². The summed E-state index contributed by atoms with van der Waals surface area (Å²) in [6, 6.07) is 15.6. The smallest absolute Gasteiger partial charge is 0.342 e. The van der Waals surface area contributed by atoms with Crippen molar-refractivity contribution in [1.29, 1.82) is 0 Å². The van der Waals surface area contributed by atoms with Crippen LogP contribution in [0.25, 0.3) is 0 Å². The van der Waals surface area contributed by atoms with Crippen molar-refractivity contribution >= 4 is 23.4 Å². The van der Waals surface area contributed by atoms with Crippen molar-refractivity contribution < 1.29 is 28.5 Å². The highest BCUT2D eigenvalue weighted by molar-refractivity contribution is 5.96. The van der Waals surface area contributed by atoms with E-state index in [4.69, 9.17) is 18.9 Å². The average molecular weight is 463 g/mol. The van der Waals surface area contributed by atoms with Crippen LogP contribution in [0.4, 0.5) is 11.5 Å². The molecule has 2 N–H and O–H groups in total. The van der Waals surface area contributed by atoms with E-state index in [0.717, 1.165) is 17.0 Å². The highest BCUT2D eigenvalue weighted by Gasteiger charge is 2.19. The van der Waals surface area contributed by atoms with Crippen LogP contribution in [0.15, 0.2) is 60.8 Å². The summed E-state index contributed by atoms with van der Waals surface area (Å²) in [5.41, 5.74) is 1.79. The van der Waals surface area contributed by atoms with Crippen LogP contribution in [0, 0.1) is 0 Å². The second-order valence-corrected chi connectivity index (χ2v) is 7.46. The third kappa shape index (κ3) is 5.55. The van der Waals surface area contributed by atoms with Crippen molar-refractivity contribution in [3.05, 3.63) is 71.9 Å². The molecule has 1 aliphatic rings. The predicted molar refractivity (Wildman–Crippen MR) is 125 cm³/mol. The van der Waals surface area contributed by atoms with Crippen LogP contribution in [-0.2, 0) is 9.53 Å². The SMILES string of the molecule is CCOc1ccc(Nc2ncccc2C(=O)OCC(=O)NC(C)c2ccc3c(c2)OCO3)cc1. The van der Waals surface area contributed by atoms with Crippen LogP contribution in [0.2, 0.25) is 0 Å². The summed E-state index contributed by atoms with van der Waals surface area (Å²) < 4.78 is 21.3. The first-order chi connectivity index (χ1) is 16.5. The van der Waals surface area contributed by atoms with Crippen LogP contribution >= 0.6 is 0 Å². The first-order valence-corrected chi connectivity index (χ1v) is 10.8. The van der Waals surface area contributed by atoms with Crippen molar-refractivity contribution in [2.75, 3.05) is 25.3 Å². The molecule has 1 aliphatic heterocycles. The number of amides is 1. The van der Waals surface area contributed by atoms with E-state index in [2.05, 4.69) is 15.6 Å². The normalized spacial score (nSPS) is 12.5. The van der Waals surface area contributed by atoms with Gasteiger partial charge in [-0.3, -0.25) is 4.79 Å². The van der Waals surface area contributed by atoms with E-state index >= 15 is 0 Å². The summed E-state index contributed by atoms with van der Waals surface area (Å²) in [5, 5.41) is 5.90. The fraction of sp³-hybridized carbons (Fsp3) is 0.240. The first kappa shape index (κ1) is 22.9. The van der Waals surface area contributed by atoms with E-state index in [1.165, 1.54) is 0 Å². The molecule has 2 aromatic carbocycles. The Morgan fingerprint density at radius 3 is 2.68 bits per heavy atom. The van der Waals surface area contributed by atoms with Crippen molar-refractivity contribution in [2.24, 2.45) is 0 Å². The van der Waals surface area contributed by atoms with Gasteiger partial charge in [-0.2, -0.15) is 0 Å². The van der Waals surface area contributed by atoms with Gasteiger partial charge in [-0.15, -0.1) is 0 Å². The Kier molecular flexibility index (Phi) is 7.12. The average Bonchev–Trinajstić information content (AvgIpc) is 3.32. The number of rotatable bonds is 9. The molecule has 9 nitrogen and oxygen atoms in total. The van der Waals surface area contributed by atoms with Crippen LogP contribution in [0.5, 0.6) is 17.2 Å². The second kappa shape index (κ2) is 10.6. The topological polar surface area (TPSA) is 108 Å². The number of carbonyl (C=O) groups is 2.